The van der Waals surface area contributed by atoms with Gasteiger partial charge in [0, 0.05) is 24.4 Å². The van der Waals surface area contributed by atoms with E-state index in [0.29, 0.717) is 18.5 Å². The first-order valence-corrected chi connectivity index (χ1v) is 6.71. The van der Waals surface area contributed by atoms with Gasteiger partial charge in [-0.25, -0.2) is 0 Å². The van der Waals surface area contributed by atoms with Gasteiger partial charge in [0.05, 0.1) is 5.69 Å². The summed E-state index contributed by atoms with van der Waals surface area (Å²) in [5, 5.41) is 0. The smallest absolute Gasteiger partial charge is 0.230 e. The number of amides is 1. The molecule has 18 heavy (non-hydrogen) atoms. The van der Waals surface area contributed by atoms with Crippen LogP contribution in [0.4, 0.5) is 5.69 Å². The molecule has 1 heterocycles. The molecule has 1 aromatic carbocycles. The Balaban J connectivity index is 1.96. The van der Waals surface area contributed by atoms with Crippen molar-refractivity contribution in [1.29, 1.82) is 0 Å². The van der Waals surface area contributed by atoms with Crippen molar-refractivity contribution in [3.63, 3.8) is 0 Å². The topological polar surface area (TPSA) is 37.4 Å². The Morgan fingerprint density at radius 1 is 1.17 bits per heavy atom. The maximum atomic E-state index is 12.4. The Morgan fingerprint density at radius 3 is 2.67 bits per heavy atom. The third kappa shape index (κ3) is 1.84. The molecule has 3 nitrogen and oxygen atoms in total. The van der Waals surface area contributed by atoms with Gasteiger partial charge in [0.1, 0.15) is 0 Å². The van der Waals surface area contributed by atoms with E-state index in [2.05, 4.69) is 0 Å². The zero-order valence-electron chi connectivity index (χ0n) is 10.4. The maximum absolute atomic E-state index is 12.4. The molecule has 94 valence electrons. The van der Waals surface area contributed by atoms with Crippen molar-refractivity contribution in [2.75, 3.05) is 11.4 Å². The van der Waals surface area contributed by atoms with E-state index in [1.807, 2.05) is 29.2 Å². The zero-order chi connectivity index (χ0) is 12.5. The highest BCUT2D eigenvalue weighted by Crippen LogP contribution is 2.33. The first kappa shape index (κ1) is 11.5. The zero-order valence-corrected chi connectivity index (χ0v) is 10.4. The molecule has 0 bridgehead atoms. The van der Waals surface area contributed by atoms with E-state index in [1.165, 1.54) is 0 Å². The number of benzene rings is 1. The summed E-state index contributed by atoms with van der Waals surface area (Å²) >= 11 is 0. The van der Waals surface area contributed by atoms with Crippen LogP contribution in [0.3, 0.4) is 0 Å². The van der Waals surface area contributed by atoms with Crippen LogP contribution in [0.5, 0.6) is 0 Å². The molecule has 3 rings (SSSR count). The summed E-state index contributed by atoms with van der Waals surface area (Å²) in [7, 11) is 0. The molecule has 0 spiro atoms. The summed E-state index contributed by atoms with van der Waals surface area (Å²) in [6.45, 7) is 0.679. The molecular formula is C15H17NO2. The summed E-state index contributed by atoms with van der Waals surface area (Å²) in [5.74, 6) is 0.559. The SMILES string of the molecule is O=C1CCCN(C(=O)C2CCC2)c2ccccc21. The lowest BCUT2D eigenvalue weighted by Gasteiger charge is -2.31. The fourth-order valence-corrected chi connectivity index (χ4v) is 2.70. The highest BCUT2D eigenvalue weighted by molar-refractivity contribution is 6.07. The van der Waals surface area contributed by atoms with Crippen LogP contribution in [0.2, 0.25) is 0 Å². The molecule has 0 aromatic heterocycles. The first-order valence-electron chi connectivity index (χ1n) is 6.71. The number of ketones is 1. The molecule has 0 radical (unpaired) electrons. The van der Waals surface area contributed by atoms with Crippen molar-refractivity contribution >= 4 is 17.4 Å². The van der Waals surface area contributed by atoms with Crippen molar-refractivity contribution < 1.29 is 9.59 Å². The summed E-state index contributed by atoms with van der Waals surface area (Å²) in [4.78, 5) is 26.2. The van der Waals surface area contributed by atoms with Gasteiger partial charge in [0.2, 0.25) is 5.91 Å². The fourth-order valence-electron chi connectivity index (χ4n) is 2.70. The van der Waals surface area contributed by atoms with Gasteiger partial charge in [-0.3, -0.25) is 9.59 Å². The van der Waals surface area contributed by atoms with Gasteiger partial charge in [-0.2, -0.15) is 0 Å². The highest BCUT2D eigenvalue weighted by atomic mass is 16.2. The number of carbonyl (C=O) groups excluding carboxylic acids is 2. The minimum atomic E-state index is 0.162. The third-order valence-corrected chi connectivity index (χ3v) is 4.00. The Hall–Kier alpha value is -1.64. The number of anilines is 1. The Bertz CT molecular complexity index is 491. The van der Waals surface area contributed by atoms with Crippen LogP contribution in [-0.4, -0.2) is 18.2 Å². The minimum absolute atomic E-state index is 0.162. The minimum Gasteiger partial charge on any atom is -0.311 e. The van der Waals surface area contributed by atoms with Crippen molar-refractivity contribution in [2.24, 2.45) is 5.92 Å². The van der Waals surface area contributed by atoms with Gasteiger partial charge in [-0.15, -0.1) is 0 Å². The Kier molecular flexibility index (Phi) is 2.90. The number of hydrogen-bond donors (Lipinski definition) is 0. The molecule has 0 saturated heterocycles. The van der Waals surface area contributed by atoms with Crippen LogP contribution in [-0.2, 0) is 4.79 Å². The Labute approximate surface area is 107 Å². The van der Waals surface area contributed by atoms with E-state index in [-0.39, 0.29) is 17.6 Å². The summed E-state index contributed by atoms with van der Waals surface area (Å²) in [5.41, 5.74) is 1.53. The lowest BCUT2D eigenvalue weighted by Crippen LogP contribution is -2.39. The molecule has 2 aliphatic rings. The lowest BCUT2D eigenvalue weighted by atomic mass is 9.84. The van der Waals surface area contributed by atoms with Crippen LogP contribution < -0.4 is 4.90 Å². The molecule has 1 saturated carbocycles. The lowest BCUT2D eigenvalue weighted by molar-refractivity contribution is -0.124. The molecule has 0 N–H and O–H groups in total. The van der Waals surface area contributed by atoms with Gasteiger partial charge < -0.3 is 4.90 Å². The largest absolute Gasteiger partial charge is 0.311 e. The van der Waals surface area contributed by atoms with E-state index < -0.39 is 0 Å². The van der Waals surface area contributed by atoms with Crippen LogP contribution in [0.25, 0.3) is 0 Å². The van der Waals surface area contributed by atoms with Crippen LogP contribution in [0, 0.1) is 5.92 Å². The van der Waals surface area contributed by atoms with Gasteiger partial charge in [-0.05, 0) is 31.4 Å². The number of para-hydroxylation sites is 1. The molecule has 3 heteroatoms. The monoisotopic (exact) mass is 243 g/mol. The number of rotatable bonds is 1. The van der Waals surface area contributed by atoms with Gasteiger partial charge in [-0.1, -0.05) is 18.6 Å². The number of Topliss-reactive ketones (excluding diaryl/α,β-unsaturated/α-hetero) is 1. The molecule has 0 atom stereocenters. The van der Waals surface area contributed by atoms with Crippen LogP contribution in [0.1, 0.15) is 42.5 Å². The summed E-state index contributed by atoms with van der Waals surface area (Å²) < 4.78 is 0. The van der Waals surface area contributed by atoms with Gasteiger partial charge in [0.25, 0.3) is 0 Å². The van der Waals surface area contributed by atoms with Crippen molar-refractivity contribution in [3.8, 4) is 0 Å². The second-order valence-corrected chi connectivity index (χ2v) is 5.16. The standard InChI is InChI=1S/C15H17NO2/c17-14-9-4-10-16(15(18)11-5-3-6-11)13-8-2-1-7-12(13)14/h1-2,7-8,11H,3-6,9-10H2. The van der Waals surface area contributed by atoms with E-state index in [9.17, 15) is 9.59 Å². The fraction of sp³-hybridized carbons (Fsp3) is 0.467. The third-order valence-electron chi connectivity index (χ3n) is 4.00. The number of fused-ring (bicyclic) bond motifs is 1. The average Bonchev–Trinajstić information content (AvgIpc) is 2.47. The van der Waals surface area contributed by atoms with Crippen molar-refractivity contribution in [1.82, 2.24) is 0 Å². The van der Waals surface area contributed by atoms with E-state index in [4.69, 9.17) is 0 Å². The quantitative estimate of drug-likeness (QED) is 0.760. The molecule has 1 aliphatic carbocycles. The van der Waals surface area contributed by atoms with E-state index >= 15 is 0 Å². The molecule has 1 aromatic rings. The first-order chi connectivity index (χ1) is 8.77. The van der Waals surface area contributed by atoms with Crippen molar-refractivity contribution in [3.05, 3.63) is 29.8 Å². The molecule has 1 amide bonds. The van der Waals surface area contributed by atoms with Crippen LogP contribution >= 0.6 is 0 Å². The number of hydrogen-bond acceptors (Lipinski definition) is 2. The predicted molar refractivity (Wildman–Crippen MR) is 69.7 cm³/mol. The second kappa shape index (κ2) is 4.56. The summed E-state index contributed by atoms with van der Waals surface area (Å²) in [6, 6.07) is 7.51. The molecule has 0 unspecified atom stereocenters. The van der Waals surface area contributed by atoms with Crippen molar-refractivity contribution in [2.45, 2.75) is 32.1 Å². The maximum Gasteiger partial charge on any atom is 0.230 e. The average molecular weight is 243 g/mol. The normalized spacial score (nSPS) is 20.0. The van der Waals surface area contributed by atoms with E-state index in [0.717, 1.165) is 31.4 Å². The van der Waals surface area contributed by atoms with Crippen LogP contribution in [0.15, 0.2) is 24.3 Å². The van der Waals surface area contributed by atoms with Gasteiger partial charge in [0.15, 0.2) is 5.78 Å². The number of nitrogens with zero attached hydrogens (tertiary/aromatic N) is 1. The second-order valence-electron chi connectivity index (χ2n) is 5.16. The molecule has 1 fully saturated rings. The highest BCUT2D eigenvalue weighted by Gasteiger charge is 2.32. The van der Waals surface area contributed by atoms with E-state index in [1.54, 1.807) is 0 Å². The molecule has 1 aliphatic heterocycles. The van der Waals surface area contributed by atoms with Gasteiger partial charge >= 0.3 is 0 Å². The predicted octanol–water partition coefficient (Wildman–Crippen LogP) is 2.80. The summed E-state index contributed by atoms with van der Waals surface area (Å²) in [6.07, 6.45) is 4.49. The number of carbonyl (C=O) groups is 2. The Morgan fingerprint density at radius 2 is 1.94 bits per heavy atom. The molecular weight excluding hydrogens is 226 g/mol.